The van der Waals surface area contributed by atoms with Crippen LogP contribution in [0.2, 0.25) is 0 Å². The van der Waals surface area contributed by atoms with Gasteiger partial charge >= 0.3 is 0 Å². The van der Waals surface area contributed by atoms with Crippen LogP contribution in [0.4, 0.5) is 4.39 Å². The lowest BCUT2D eigenvalue weighted by molar-refractivity contribution is -0.129. The molecule has 1 aliphatic rings. The summed E-state index contributed by atoms with van der Waals surface area (Å²) < 4.78 is 18.7. The van der Waals surface area contributed by atoms with Gasteiger partial charge in [0.25, 0.3) is 0 Å². The molecule has 33 heavy (non-hydrogen) atoms. The zero-order valence-corrected chi connectivity index (χ0v) is 18.9. The molecule has 0 fully saturated rings. The second-order valence-electron chi connectivity index (χ2n) is 8.32. The van der Waals surface area contributed by atoms with Gasteiger partial charge in [-0.3, -0.25) is 9.59 Å². The molecule has 2 N–H and O–H groups in total. The zero-order chi connectivity index (χ0) is 24.0. The maximum Gasteiger partial charge on any atom is 0.183 e. The van der Waals surface area contributed by atoms with Gasteiger partial charge in [0.05, 0.1) is 5.41 Å². The maximum absolute atomic E-state index is 13.3. The van der Waals surface area contributed by atoms with Gasteiger partial charge in [0.15, 0.2) is 11.6 Å². The Morgan fingerprint density at radius 3 is 2.03 bits per heavy atom. The number of ether oxygens (including phenoxy) is 1. The van der Waals surface area contributed by atoms with E-state index in [4.69, 9.17) is 4.74 Å². The molecule has 0 aromatic heterocycles. The lowest BCUT2D eigenvalue weighted by Crippen LogP contribution is -2.39. The van der Waals surface area contributed by atoms with E-state index in [9.17, 15) is 24.2 Å². The first-order valence-electron chi connectivity index (χ1n) is 11.3. The number of carbonyl (C=O) groups excluding carboxylic acids is 2. The van der Waals surface area contributed by atoms with Crippen LogP contribution >= 0.6 is 0 Å². The summed E-state index contributed by atoms with van der Waals surface area (Å²) in [4.78, 5) is 26.2. The number of allylic oxidation sites excluding steroid dienone is 3. The molecule has 0 saturated carbocycles. The molecular formula is C27H29FO5. The molecule has 0 aliphatic heterocycles. The van der Waals surface area contributed by atoms with Crippen LogP contribution < -0.4 is 4.74 Å². The zero-order valence-electron chi connectivity index (χ0n) is 18.9. The molecule has 3 rings (SSSR count). The first-order valence-corrected chi connectivity index (χ1v) is 11.3. The highest BCUT2D eigenvalue weighted by Crippen LogP contribution is 2.43. The first-order chi connectivity index (χ1) is 15.8. The van der Waals surface area contributed by atoms with Crippen LogP contribution in [0.5, 0.6) is 11.5 Å². The molecule has 0 atom stereocenters. The largest absolute Gasteiger partial charge is 0.511 e. The van der Waals surface area contributed by atoms with Crippen LogP contribution in [0.1, 0.15) is 51.5 Å². The van der Waals surface area contributed by atoms with E-state index in [-0.39, 0.29) is 23.6 Å². The molecule has 6 heteroatoms. The lowest BCUT2D eigenvalue weighted by atomic mass is 9.68. The molecule has 0 radical (unpaired) electrons. The summed E-state index contributed by atoms with van der Waals surface area (Å²) in [6.45, 7) is 3.84. The Kier molecular flexibility index (Phi) is 7.69. The fourth-order valence-electron chi connectivity index (χ4n) is 4.29. The van der Waals surface area contributed by atoms with Crippen molar-refractivity contribution < 1.29 is 28.9 Å². The second-order valence-corrected chi connectivity index (χ2v) is 8.32. The second kappa shape index (κ2) is 10.5. The number of aliphatic hydroxyl groups excluding tert-OH is 2. The van der Waals surface area contributed by atoms with Crippen LogP contribution in [0, 0.1) is 11.2 Å². The van der Waals surface area contributed by atoms with Crippen LogP contribution in [0.3, 0.4) is 0 Å². The molecule has 0 amide bonds. The number of halogens is 1. The van der Waals surface area contributed by atoms with E-state index < -0.39 is 22.7 Å². The van der Waals surface area contributed by atoms with E-state index in [2.05, 4.69) is 0 Å². The summed E-state index contributed by atoms with van der Waals surface area (Å²) in [5, 5.41) is 20.8. The Morgan fingerprint density at radius 1 is 0.939 bits per heavy atom. The van der Waals surface area contributed by atoms with E-state index in [1.54, 1.807) is 12.1 Å². The van der Waals surface area contributed by atoms with Crippen molar-refractivity contribution in [1.82, 2.24) is 0 Å². The van der Waals surface area contributed by atoms with Gasteiger partial charge in [0.2, 0.25) is 0 Å². The Bertz CT molecular complexity index is 1060. The Labute approximate surface area is 193 Å². The van der Waals surface area contributed by atoms with Crippen molar-refractivity contribution in [2.75, 3.05) is 0 Å². The van der Waals surface area contributed by atoms with Gasteiger partial charge < -0.3 is 14.9 Å². The Balaban J connectivity index is 1.68. The van der Waals surface area contributed by atoms with Crippen molar-refractivity contribution in [3.05, 3.63) is 83.1 Å². The van der Waals surface area contributed by atoms with E-state index in [0.29, 0.717) is 43.6 Å². The van der Waals surface area contributed by atoms with Crippen LogP contribution in [0.25, 0.3) is 0 Å². The standard InChI is InChI=1S/C27H29FO5/c1-3-15-27(16-4-2)24(31)17-23(30)25(26(27)32)22(29)14-7-18-5-10-20(11-6-18)33-21-12-8-19(28)9-13-21/h5-6,8-13,17,30-31H,3-4,7,14-16H2,1-2H3. The molecule has 0 saturated heterocycles. The van der Waals surface area contributed by atoms with E-state index in [0.717, 1.165) is 11.6 Å². The Morgan fingerprint density at radius 2 is 1.48 bits per heavy atom. The van der Waals surface area contributed by atoms with Gasteiger partial charge in [-0.2, -0.15) is 0 Å². The quantitative estimate of drug-likeness (QED) is 0.400. The van der Waals surface area contributed by atoms with E-state index >= 15 is 0 Å². The van der Waals surface area contributed by atoms with Gasteiger partial charge in [0.1, 0.15) is 34.4 Å². The molecule has 0 unspecified atom stereocenters. The van der Waals surface area contributed by atoms with Gasteiger partial charge in [0, 0.05) is 12.5 Å². The third-order valence-electron chi connectivity index (χ3n) is 5.93. The van der Waals surface area contributed by atoms with Crippen LogP contribution in [0.15, 0.2) is 71.7 Å². The van der Waals surface area contributed by atoms with Crippen LogP contribution in [-0.2, 0) is 16.0 Å². The van der Waals surface area contributed by atoms with Gasteiger partial charge in [-0.05, 0) is 61.2 Å². The number of aliphatic hydroxyl groups is 2. The monoisotopic (exact) mass is 452 g/mol. The van der Waals surface area contributed by atoms with Gasteiger partial charge in [-0.1, -0.05) is 38.8 Å². The normalized spacial score (nSPS) is 15.4. The molecule has 174 valence electrons. The topological polar surface area (TPSA) is 83.8 Å². The minimum atomic E-state index is -1.14. The van der Waals surface area contributed by atoms with Crippen molar-refractivity contribution in [1.29, 1.82) is 0 Å². The Hall–Kier alpha value is -3.41. The molecule has 0 bridgehead atoms. The first kappa shape index (κ1) is 24.2. The van der Waals surface area contributed by atoms with E-state index in [1.165, 1.54) is 24.3 Å². The average Bonchev–Trinajstić information content (AvgIpc) is 2.79. The summed E-state index contributed by atoms with van der Waals surface area (Å²) in [5.41, 5.74) is -0.490. The third kappa shape index (κ3) is 5.33. The molecule has 2 aromatic carbocycles. The summed E-state index contributed by atoms with van der Waals surface area (Å²) in [6, 6.07) is 12.8. The highest BCUT2D eigenvalue weighted by Gasteiger charge is 2.47. The summed E-state index contributed by atoms with van der Waals surface area (Å²) in [7, 11) is 0. The number of hydrogen-bond donors (Lipinski definition) is 2. The van der Waals surface area contributed by atoms with Crippen molar-refractivity contribution in [2.24, 2.45) is 5.41 Å². The molecule has 5 nitrogen and oxygen atoms in total. The van der Waals surface area contributed by atoms with Crippen LogP contribution in [-0.4, -0.2) is 21.8 Å². The predicted octanol–water partition coefficient (Wildman–Crippen LogP) is 6.54. The van der Waals surface area contributed by atoms with E-state index in [1.807, 2.05) is 26.0 Å². The maximum atomic E-state index is 13.3. The summed E-state index contributed by atoms with van der Waals surface area (Å²) in [5.74, 6) is -0.815. The third-order valence-corrected chi connectivity index (χ3v) is 5.93. The van der Waals surface area contributed by atoms with Crippen molar-refractivity contribution >= 4 is 11.6 Å². The smallest absolute Gasteiger partial charge is 0.183 e. The fourth-order valence-corrected chi connectivity index (χ4v) is 4.29. The van der Waals surface area contributed by atoms with Gasteiger partial charge in [-0.25, -0.2) is 4.39 Å². The predicted molar refractivity (Wildman–Crippen MR) is 124 cm³/mol. The lowest BCUT2D eigenvalue weighted by Gasteiger charge is -2.34. The van der Waals surface area contributed by atoms with Gasteiger partial charge in [-0.15, -0.1) is 0 Å². The minimum Gasteiger partial charge on any atom is -0.511 e. The minimum absolute atomic E-state index is 0.0478. The number of rotatable bonds is 10. The highest BCUT2D eigenvalue weighted by atomic mass is 19.1. The van der Waals surface area contributed by atoms with Crippen molar-refractivity contribution in [2.45, 2.75) is 52.4 Å². The average molecular weight is 453 g/mol. The molecule has 2 aromatic rings. The molecule has 0 spiro atoms. The number of aryl methyl sites for hydroxylation is 1. The number of Topliss-reactive ketones (excluding diaryl/α,β-unsaturated/α-hetero) is 2. The molecule has 1 aliphatic carbocycles. The number of benzene rings is 2. The van der Waals surface area contributed by atoms with Crippen molar-refractivity contribution in [3.63, 3.8) is 0 Å². The summed E-state index contributed by atoms with van der Waals surface area (Å²) in [6.07, 6.45) is 3.75. The number of hydrogen-bond acceptors (Lipinski definition) is 5. The fraction of sp³-hybridized carbons (Fsp3) is 0.333. The highest BCUT2D eigenvalue weighted by molar-refractivity contribution is 6.24. The molecule has 0 heterocycles. The number of ketones is 2. The number of carbonyl (C=O) groups is 2. The summed E-state index contributed by atoms with van der Waals surface area (Å²) >= 11 is 0. The SMILES string of the molecule is CCCC1(CCC)C(=O)C(C(=O)CCc2ccc(Oc3ccc(F)cc3)cc2)=C(O)C=C1O. The van der Waals surface area contributed by atoms with Crippen molar-refractivity contribution in [3.8, 4) is 11.5 Å². The molecular weight excluding hydrogens is 423 g/mol.